The number of aromatic nitrogens is 1. The Morgan fingerprint density at radius 3 is 3.17 bits per heavy atom. The Balaban J connectivity index is 2.43. The van der Waals surface area contributed by atoms with E-state index < -0.39 is 0 Å². The predicted molar refractivity (Wildman–Crippen MR) is 46.9 cm³/mol. The van der Waals surface area contributed by atoms with Gasteiger partial charge in [-0.2, -0.15) is 0 Å². The van der Waals surface area contributed by atoms with Crippen LogP contribution in [0.1, 0.15) is 36.2 Å². The molecular weight excluding hydrogens is 150 g/mol. The van der Waals surface area contributed by atoms with E-state index in [0.717, 1.165) is 12.1 Å². The fraction of sp³-hybridized carbons (Fsp3) is 0.500. The summed E-state index contributed by atoms with van der Waals surface area (Å²) in [5.41, 5.74) is 3.35. The minimum atomic E-state index is 0.0556. The van der Waals surface area contributed by atoms with Crippen molar-refractivity contribution in [2.24, 2.45) is 0 Å². The predicted octanol–water partition coefficient (Wildman–Crippen LogP) is 1.62. The Bertz CT molecular complexity index is 296. The second kappa shape index (κ2) is 2.87. The van der Waals surface area contributed by atoms with Crippen LogP contribution in [0.15, 0.2) is 12.1 Å². The molecule has 2 heteroatoms. The van der Waals surface area contributed by atoms with Crippen molar-refractivity contribution in [2.45, 2.75) is 32.3 Å². The zero-order valence-electron chi connectivity index (χ0n) is 7.25. The normalized spacial score (nSPS) is 21.0. The molecule has 64 valence electrons. The molecule has 1 aromatic rings. The van der Waals surface area contributed by atoms with Gasteiger partial charge in [0.2, 0.25) is 0 Å². The lowest BCUT2D eigenvalue weighted by Gasteiger charge is -2.04. The summed E-state index contributed by atoms with van der Waals surface area (Å²) in [6, 6.07) is 4.01. The summed E-state index contributed by atoms with van der Waals surface area (Å²) in [5.74, 6) is 0.575. The Morgan fingerprint density at radius 2 is 2.42 bits per heavy atom. The SMILES string of the molecule is CC1CCc2ccc(CO)nc21. The molecule has 0 spiro atoms. The highest BCUT2D eigenvalue weighted by atomic mass is 16.3. The molecule has 1 aliphatic carbocycles. The molecule has 2 rings (SSSR count). The molecule has 12 heavy (non-hydrogen) atoms. The summed E-state index contributed by atoms with van der Waals surface area (Å²) in [6.07, 6.45) is 2.35. The molecule has 1 unspecified atom stereocenters. The molecule has 1 aromatic heterocycles. The van der Waals surface area contributed by atoms with E-state index in [9.17, 15) is 0 Å². The first-order valence-electron chi connectivity index (χ1n) is 4.41. The third-order valence-electron chi connectivity index (χ3n) is 2.55. The fourth-order valence-electron chi connectivity index (χ4n) is 1.78. The van der Waals surface area contributed by atoms with E-state index in [-0.39, 0.29) is 6.61 Å². The Kier molecular flexibility index (Phi) is 1.85. The van der Waals surface area contributed by atoms with Crippen LogP contribution in [-0.4, -0.2) is 10.1 Å². The van der Waals surface area contributed by atoms with Gasteiger partial charge in [-0.05, 0) is 30.4 Å². The summed E-state index contributed by atoms with van der Waals surface area (Å²) >= 11 is 0. The number of aliphatic hydroxyl groups excluding tert-OH is 1. The van der Waals surface area contributed by atoms with Crippen LogP contribution >= 0.6 is 0 Å². The minimum Gasteiger partial charge on any atom is -0.390 e. The number of fused-ring (bicyclic) bond motifs is 1. The molecule has 1 aliphatic rings. The van der Waals surface area contributed by atoms with Gasteiger partial charge in [-0.1, -0.05) is 13.0 Å². The van der Waals surface area contributed by atoms with E-state index >= 15 is 0 Å². The van der Waals surface area contributed by atoms with E-state index in [1.165, 1.54) is 17.7 Å². The van der Waals surface area contributed by atoms with Crippen LogP contribution in [0.25, 0.3) is 0 Å². The molecule has 0 aliphatic heterocycles. The van der Waals surface area contributed by atoms with Gasteiger partial charge >= 0.3 is 0 Å². The highest BCUT2D eigenvalue weighted by molar-refractivity contribution is 5.29. The number of nitrogens with zero attached hydrogens (tertiary/aromatic N) is 1. The molecule has 0 fully saturated rings. The van der Waals surface area contributed by atoms with E-state index in [1.807, 2.05) is 6.07 Å². The van der Waals surface area contributed by atoms with Crippen LogP contribution in [0.2, 0.25) is 0 Å². The van der Waals surface area contributed by atoms with Crippen LogP contribution in [-0.2, 0) is 13.0 Å². The van der Waals surface area contributed by atoms with E-state index in [4.69, 9.17) is 5.11 Å². The van der Waals surface area contributed by atoms with Gasteiger partial charge in [0.25, 0.3) is 0 Å². The lowest BCUT2D eigenvalue weighted by Crippen LogP contribution is -1.96. The molecule has 1 atom stereocenters. The number of aliphatic hydroxyl groups is 1. The summed E-state index contributed by atoms with van der Waals surface area (Å²) < 4.78 is 0. The van der Waals surface area contributed by atoms with Crippen LogP contribution < -0.4 is 0 Å². The maximum absolute atomic E-state index is 8.89. The van der Waals surface area contributed by atoms with Gasteiger partial charge < -0.3 is 5.11 Å². The van der Waals surface area contributed by atoms with Crippen LogP contribution in [0.3, 0.4) is 0 Å². The Morgan fingerprint density at radius 1 is 1.58 bits per heavy atom. The molecule has 1 N–H and O–H groups in total. The van der Waals surface area contributed by atoms with Gasteiger partial charge in [0.15, 0.2) is 0 Å². The lowest BCUT2D eigenvalue weighted by atomic mass is 10.1. The van der Waals surface area contributed by atoms with Gasteiger partial charge in [0, 0.05) is 5.69 Å². The second-order valence-electron chi connectivity index (χ2n) is 3.44. The molecule has 0 radical (unpaired) electrons. The highest BCUT2D eigenvalue weighted by Crippen LogP contribution is 2.30. The zero-order chi connectivity index (χ0) is 8.55. The van der Waals surface area contributed by atoms with E-state index in [0.29, 0.717) is 5.92 Å². The molecule has 0 bridgehead atoms. The van der Waals surface area contributed by atoms with Gasteiger partial charge in [0.05, 0.1) is 12.3 Å². The quantitative estimate of drug-likeness (QED) is 0.682. The zero-order valence-corrected chi connectivity index (χ0v) is 7.25. The first-order chi connectivity index (χ1) is 5.81. The van der Waals surface area contributed by atoms with Gasteiger partial charge in [0.1, 0.15) is 0 Å². The largest absolute Gasteiger partial charge is 0.390 e. The smallest absolute Gasteiger partial charge is 0.0853 e. The maximum Gasteiger partial charge on any atom is 0.0853 e. The summed E-state index contributed by atoms with van der Waals surface area (Å²) in [4.78, 5) is 4.40. The molecule has 0 amide bonds. The van der Waals surface area contributed by atoms with Gasteiger partial charge in [-0.15, -0.1) is 0 Å². The van der Waals surface area contributed by atoms with Crippen molar-refractivity contribution in [1.29, 1.82) is 0 Å². The average molecular weight is 163 g/mol. The number of rotatable bonds is 1. The maximum atomic E-state index is 8.89. The second-order valence-corrected chi connectivity index (χ2v) is 3.44. The summed E-state index contributed by atoms with van der Waals surface area (Å²) in [5, 5.41) is 8.89. The highest BCUT2D eigenvalue weighted by Gasteiger charge is 2.19. The van der Waals surface area contributed by atoms with Crippen molar-refractivity contribution in [3.8, 4) is 0 Å². The third kappa shape index (κ3) is 1.12. The van der Waals surface area contributed by atoms with Crippen molar-refractivity contribution in [2.75, 3.05) is 0 Å². The number of hydrogen-bond donors (Lipinski definition) is 1. The molecule has 0 saturated heterocycles. The first kappa shape index (κ1) is 7.74. The minimum absolute atomic E-state index is 0.0556. The van der Waals surface area contributed by atoms with Crippen LogP contribution in [0.4, 0.5) is 0 Å². The fourth-order valence-corrected chi connectivity index (χ4v) is 1.78. The van der Waals surface area contributed by atoms with Crippen molar-refractivity contribution in [3.05, 3.63) is 29.1 Å². The molecular formula is C10H13NO. The van der Waals surface area contributed by atoms with Crippen molar-refractivity contribution >= 4 is 0 Å². The first-order valence-corrected chi connectivity index (χ1v) is 4.41. The third-order valence-corrected chi connectivity index (χ3v) is 2.55. The van der Waals surface area contributed by atoms with Gasteiger partial charge in [-0.25, -0.2) is 0 Å². The summed E-state index contributed by atoms with van der Waals surface area (Å²) in [7, 11) is 0. The number of aryl methyl sites for hydroxylation is 1. The topological polar surface area (TPSA) is 33.1 Å². The van der Waals surface area contributed by atoms with E-state index in [1.54, 1.807) is 0 Å². The Labute approximate surface area is 72.3 Å². The molecule has 1 heterocycles. The standard InChI is InChI=1S/C10H13NO/c1-7-2-3-8-4-5-9(6-12)11-10(7)8/h4-5,7,12H,2-3,6H2,1H3. The lowest BCUT2D eigenvalue weighted by molar-refractivity contribution is 0.276. The van der Waals surface area contributed by atoms with Crippen molar-refractivity contribution in [3.63, 3.8) is 0 Å². The van der Waals surface area contributed by atoms with Crippen molar-refractivity contribution in [1.82, 2.24) is 4.98 Å². The Hall–Kier alpha value is -0.890. The number of pyridine rings is 1. The molecule has 2 nitrogen and oxygen atoms in total. The molecule has 0 aromatic carbocycles. The molecule has 0 saturated carbocycles. The van der Waals surface area contributed by atoms with Gasteiger partial charge in [-0.3, -0.25) is 4.98 Å². The monoisotopic (exact) mass is 163 g/mol. The van der Waals surface area contributed by atoms with Crippen molar-refractivity contribution < 1.29 is 5.11 Å². The summed E-state index contributed by atoms with van der Waals surface area (Å²) in [6.45, 7) is 2.25. The average Bonchev–Trinajstić information content (AvgIpc) is 2.47. The van der Waals surface area contributed by atoms with Crippen LogP contribution in [0, 0.1) is 0 Å². The van der Waals surface area contributed by atoms with E-state index in [2.05, 4.69) is 18.0 Å². The van der Waals surface area contributed by atoms with Crippen LogP contribution in [0.5, 0.6) is 0 Å². The number of hydrogen-bond acceptors (Lipinski definition) is 2.